The topological polar surface area (TPSA) is 69.2 Å². The molecular formula is C12H17N3O2. The zero-order valence-electron chi connectivity index (χ0n) is 9.78. The van der Waals surface area contributed by atoms with Gasteiger partial charge in [-0.2, -0.15) is 5.10 Å². The van der Waals surface area contributed by atoms with Crippen molar-refractivity contribution in [3.8, 4) is 0 Å². The largest absolute Gasteiger partial charge is 0.395 e. The lowest BCUT2D eigenvalue weighted by Crippen LogP contribution is -2.36. The molecule has 1 fully saturated rings. The number of rotatable bonds is 4. The van der Waals surface area contributed by atoms with E-state index in [4.69, 9.17) is 5.11 Å². The smallest absolute Gasteiger partial charge is 0.274 e. The van der Waals surface area contributed by atoms with E-state index in [-0.39, 0.29) is 12.5 Å². The molecule has 0 aliphatic heterocycles. The minimum atomic E-state index is -0.0130. The molecule has 1 heterocycles. The molecule has 0 radical (unpaired) electrons. The molecule has 2 aliphatic rings. The first-order chi connectivity index (χ1) is 8.31. The van der Waals surface area contributed by atoms with Crippen molar-refractivity contribution in [3.63, 3.8) is 0 Å². The number of amides is 1. The molecule has 0 aromatic carbocycles. The van der Waals surface area contributed by atoms with Gasteiger partial charge in [0.05, 0.1) is 6.61 Å². The summed E-state index contributed by atoms with van der Waals surface area (Å²) < 4.78 is 0. The molecule has 0 atom stereocenters. The fourth-order valence-corrected chi connectivity index (χ4v) is 2.58. The summed E-state index contributed by atoms with van der Waals surface area (Å²) in [6, 6.07) is 0.323. The van der Waals surface area contributed by atoms with Crippen LogP contribution in [0, 0.1) is 0 Å². The molecule has 0 saturated heterocycles. The molecule has 5 nitrogen and oxygen atoms in total. The molecule has 0 spiro atoms. The standard InChI is InChI=1S/C12H17N3O2/c16-7-6-15(8-4-5-8)12(17)11-9-2-1-3-10(9)13-14-11/h8,16H,1-7H2,(H,13,14). The van der Waals surface area contributed by atoms with Crippen LogP contribution in [-0.2, 0) is 12.8 Å². The van der Waals surface area contributed by atoms with Gasteiger partial charge in [-0.1, -0.05) is 0 Å². The van der Waals surface area contributed by atoms with Crippen molar-refractivity contribution in [2.75, 3.05) is 13.2 Å². The van der Waals surface area contributed by atoms with Crippen molar-refractivity contribution in [2.45, 2.75) is 38.1 Å². The predicted molar refractivity (Wildman–Crippen MR) is 61.8 cm³/mol. The van der Waals surface area contributed by atoms with Crippen LogP contribution >= 0.6 is 0 Å². The predicted octanol–water partition coefficient (Wildman–Crippen LogP) is 0.495. The van der Waals surface area contributed by atoms with E-state index in [9.17, 15) is 4.79 Å². The second-order valence-electron chi connectivity index (χ2n) is 4.84. The van der Waals surface area contributed by atoms with Crippen molar-refractivity contribution < 1.29 is 9.90 Å². The normalized spacial score (nSPS) is 18.2. The van der Waals surface area contributed by atoms with Crippen LogP contribution in [0.1, 0.15) is 41.0 Å². The third kappa shape index (κ3) is 1.84. The fourth-order valence-electron chi connectivity index (χ4n) is 2.58. The van der Waals surface area contributed by atoms with Gasteiger partial charge in [-0.25, -0.2) is 0 Å². The van der Waals surface area contributed by atoms with Crippen molar-refractivity contribution in [3.05, 3.63) is 17.0 Å². The Morgan fingerprint density at radius 2 is 2.29 bits per heavy atom. The summed E-state index contributed by atoms with van der Waals surface area (Å²) in [4.78, 5) is 14.1. The number of nitrogens with zero attached hydrogens (tertiary/aromatic N) is 2. The zero-order chi connectivity index (χ0) is 11.8. The number of carbonyl (C=O) groups excluding carboxylic acids is 1. The molecule has 1 amide bonds. The molecule has 0 bridgehead atoms. The SMILES string of the molecule is O=C(c1n[nH]c2c1CCC2)N(CCO)C1CC1. The van der Waals surface area contributed by atoms with Crippen molar-refractivity contribution in [2.24, 2.45) is 0 Å². The highest BCUT2D eigenvalue weighted by Crippen LogP contribution is 2.30. The molecule has 2 aliphatic carbocycles. The van der Waals surface area contributed by atoms with Crippen LogP contribution in [0.15, 0.2) is 0 Å². The van der Waals surface area contributed by atoms with Gasteiger partial charge in [0, 0.05) is 23.8 Å². The minimum Gasteiger partial charge on any atom is -0.395 e. The van der Waals surface area contributed by atoms with Crippen LogP contribution in [0.3, 0.4) is 0 Å². The van der Waals surface area contributed by atoms with Crippen LogP contribution in [-0.4, -0.2) is 45.3 Å². The van der Waals surface area contributed by atoms with E-state index < -0.39 is 0 Å². The number of carbonyl (C=O) groups is 1. The van der Waals surface area contributed by atoms with E-state index in [1.54, 1.807) is 4.90 Å². The Morgan fingerprint density at radius 3 is 3.00 bits per heavy atom. The minimum absolute atomic E-state index is 0.0130. The Bertz CT molecular complexity index is 437. The van der Waals surface area contributed by atoms with Crippen molar-refractivity contribution in [1.82, 2.24) is 15.1 Å². The average Bonchev–Trinajstić information content (AvgIpc) is 2.90. The highest BCUT2D eigenvalue weighted by molar-refractivity contribution is 5.94. The van der Waals surface area contributed by atoms with Gasteiger partial charge >= 0.3 is 0 Å². The second-order valence-corrected chi connectivity index (χ2v) is 4.84. The molecule has 1 aromatic rings. The summed E-state index contributed by atoms with van der Waals surface area (Å²) in [7, 11) is 0. The van der Waals surface area contributed by atoms with Crippen molar-refractivity contribution >= 4 is 5.91 Å². The number of fused-ring (bicyclic) bond motifs is 1. The number of hydrogen-bond donors (Lipinski definition) is 2. The average molecular weight is 235 g/mol. The third-order valence-electron chi connectivity index (χ3n) is 3.60. The van der Waals surface area contributed by atoms with Crippen LogP contribution in [0.4, 0.5) is 0 Å². The third-order valence-corrected chi connectivity index (χ3v) is 3.60. The van der Waals surface area contributed by atoms with Gasteiger partial charge < -0.3 is 10.0 Å². The van der Waals surface area contributed by atoms with Crippen LogP contribution in [0.25, 0.3) is 0 Å². The Kier molecular flexibility index (Phi) is 2.63. The monoisotopic (exact) mass is 235 g/mol. The molecule has 5 heteroatoms. The number of hydrogen-bond acceptors (Lipinski definition) is 3. The molecule has 3 rings (SSSR count). The summed E-state index contributed by atoms with van der Waals surface area (Å²) in [5.41, 5.74) is 2.80. The van der Waals surface area contributed by atoms with E-state index in [1.807, 2.05) is 0 Å². The van der Waals surface area contributed by atoms with Gasteiger partial charge in [-0.15, -0.1) is 0 Å². The first-order valence-electron chi connectivity index (χ1n) is 6.29. The van der Waals surface area contributed by atoms with Gasteiger partial charge in [0.25, 0.3) is 5.91 Å². The first-order valence-corrected chi connectivity index (χ1v) is 6.29. The van der Waals surface area contributed by atoms with E-state index in [0.29, 0.717) is 18.3 Å². The van der Waals surface area contributed by atoms with Gasteiger partial charge in [-0.05, 0) is 32.1 Å². The summed E-state index contributed by atoms with van der Waals surface area (Å²) in [6.07, 6.45) is 5.16. The maximum absolute atomic E-state index is 12.4. The molecule has 0 unspecified atom stereocenters. The number of aryl methyl sites for hydroxylation is 1. The number of aliphatic hydroxyl groups is 1. The van der Waals surface area contributed by atoms with Crippen LogP contribution in [0.2, 0.25) is 0 Å². The fraction of sp³-hybridized carbons (Fsp3) is 0.667. The molecule has 2 N–H and O–H groups in total. The van der Waals surface area contributed by atoms with E-state index in [0.717, 1.165) is 43.4 Å². The van der Waals surface area contributed by atoms with Gasteiger partial charge in [-0.3, -0.25) is 9.89 Å². The molecule has 1 aromatic heterocycles. The number of aromatic nitrogens is 2. The van der Waals surface area contributed by atoms with Gasteiger partial charge in [0.15, 0.2) is 5.69 Å². The van der Waals surface area contributed by atoms with E-state index in [1.165, 1.54) is 0 Å². The first kappa shape index (κ1) is 10.8. The Labute approximate surface area is 99.8 Å². The lowest BCUT2D eigenvalue weighted by atomic mass is 10.2. The van der Waals surface area contributed by atoms with Crippen molar-refractivity contribution in [1.29, 1.82) is 0 Å². The second kappa shape index (κ2) is 4.14. The van der Waals surface area contributed by atoms with Gasteiger partial charge in [0.1, 0.15) is 0 Å². The highest BCUT2D eigenvalue weighted by Gasteiger charge is 2.35. The summed E-state index contributed by atoms with van der Waals surface area (Å²) in [5, 5.41) is 16.1. The van der Waals surface area contributed by atoms with Crippen LogP contribution < -0.4 is 0 Å². The van der Waals surface area contributed by atoms with E-state index in [2.05, 4.69) is 10.2 Å². The zero-order valence-corrected chi connectivity index (χ0v) is 9.78. The summed E-state index contributed by atoms with van der Waals surface area (Å²) in [6.45, 7) is 0.444. The number of H-pyrrole nitrogens is 1. The Balaban J connectivity index is 1.84. The molecule has 1 saturated carbocycles. The van der Waals surface area contributed by atoms with Crippen LogP contribution in [0.5, 0.6) is 0 Å². The molecule has 17 heavy (non-hydrogen) atoms. The summed E-state index contributed by atoms with van der Waals surface area (Å²) >= 11 is 0. The quantitative estimate of drug-likeness (QED) is 0.798. The highest BCUT2D eigenvalue weighted by atomic mass is 16.3. The lowest BCUT2D eigenvalue weighted by Gasteiger charge is -2.20. The van der Waals surface area contributed by atoms with E-state index >= 15 is 0 Å². The molecule has 92 valence electrons. The Morgan fingerprint density at radius 1 is 1.47 bits per heavy atom. The number of aromatic amines is 1. The van der Waals surface area contributed by atoms with Gasteiger partial charge in [0.2, 0.25) is 0 Å². The maximum atomic E-state index is 12.4. The lowest BCUT2D eigenvalue weighted by molar-refractivity contribution is 0.0700. The Hall–Kier alpha value is -1.36. The maximum Gasteiger partial charge on any atom is 0.274 e. The number of nitrogens with one attached hydrogen (secondary N) is 1. The number of aliphatic hydroxyl groups excluding tert-OH is 1. The summed E-state index contributed by atoms with van der Waals surface area (Å²) in [5.74, 6) is -0.0130. The molecular weight excluding hydrogens is 218 g/mol.